The molecule has 0 aromatic rings. The molecule has 0 fully saturated rings. The number of rotatable bonds is 6. The number of carbonyl (C=O) groups excluding carboxylic acids is 1. The van der Waals surface area contributed by atoms with Crippen molar-refractivity contribution in [2.24, 2.45) is 0 Å². The van der Waals surface area contributed by atoms with Gasteiger partial charge in [-0.05, 0) is 27.2 Å². The Morgan fingerprint density at radius 1 is 1.17 bits per heavy atom. The lowest BCUT2D eigenvalue weighted by Gasteiger charge is -2.33. The molecule has 0 rings (SSSR count). The zero-order valence-electron chi connectivity index (χ0n) is 11.4. The van der Waals surface area contributed by atoms with Gasteiger partial charge in [0.25, 0.3) is 0 Å². The first-order valence-electron chi connectivity index (χ1n) is 6.20. The smallest absolute Gasteiger partial charge is 0.223 e. The molecule has 2 N–H and O–H groups in total. The molecule has 0 aromatic heterocycles. The summed E-state index contributed by atoms with van der Waals surface area (Å²) in [5.74, 6) is -0.100. The standard InChI is InChI=1S/C12H23Cl3N2O/c1-5-6-7-8-9(18)16-10(12(13,14)15)17-11(2,3)4/h10,17H,5-8H2,1-4H3,(H,16,18)/t10-/m1/s1. The minimum absolute atomic E-state index is 0.100. The van der Waals surface area contributed by atoms with Crippen LogP contribution in [0.15, 0.2) is 0 Å². The third-order valence-electron chi connectivity index (χ3n) is 2.22. The number of hydrogen-bond acceptors (Lipinski definition) is 2. The number of carbonyl (C=O) groups is 1. The second kappa shape index (κ2) is 7.78. The van der Waals surface area contributed by atoms with Crippen LogP contribution in [-0.4, -0.2) is 21.4 Å². The fourth-order valence-corrected chi connectivity index (χ4v) is 1.73. The highest BCUT2D eigenvalue weighted by atomic mass is 35.6. The SMILES string of the molecule is CCCCCC(=O)N[C@H](NC(C)(C)C)C(Cl)(Cl)Cl. The minimum atomic E-state index is -1.58. The molecule has 0 unspecified atom stereocenters. The summed E-state index contributed by atoms with van der Waals surface area (Å²) in [6.07, 6.45) is 2.71. The van der Waals surface area contributed by atoms with Gasteiger partial charge in [-0.1, -0.05) is 54.6 Å². The molecule has 0 radical (unpaired) electrons. The topological polar surface area (TPSA) is 41.1 Å². The summed E-state index contributed by atoms with van der Waals surface area (Å²) in [6, 6.07) is 0. The van der Waals surface area contributed by atoms with Crippen LogP contribution in [0.2, 0.25) is 0 Å². The van der Waals surface area contributed by atoms with E-state index < -0.39 is 9.96 Å². The van der Waals surface area contributed by atoms with Gasteiger partial charge in [-0.2, -0.15) is 0 Å². The molecule has 0 aromatic carbocycles. The molecule has 18 heavy (non-hydrogen) atoms. The van der Waals surface area contributed by atoms with E-state index in [0.29, 0.717) is 6.42 Å². The highest BCUT2D eigenvalue weighted by Gasteiger charge is 2.36. The molecule has 0 spiro atoms. The molecule has 3 nitrogen and oxygen atoms in total. The predicted molar refractivity (Wildman–Crippen MR) is 79.3 cm³/mol. The van der Waals surface area contributed by atoms with E-state index >= 15 is 0 Å². The molecule has 0 aliphatic rings. The molecule has 0 bridgehead atoms. The summed E-state index contributed by atoms with van der Waals surface area (Å²) in [5, 5.41) is 5.82. The Balaban J connectivity index is 4.38. The Labute approximate surface area is 125 Å². The Hall–Kier alpha value is 0.300. The first kappa shape index (κ1) is 18.3. The van der Waals surface area contributed by atoms with Gasteiger partial charge in [0.1, 0.15) is 6.17 Å². The van der Waals surface area contributed by atoms with Crippen LogP contribution in [0.25, 0.3) is 0 Å². The van der Waals surface area contributed by atoms with Gasteiger partial charge in [0.05, 0.1) is 0 Å². The molecular weight excluding hydrogens is 295 g/mol. The monoisotopic (exact) mass is 316 g/mol. The van der Waals surface area contributed by atoms with Crippen LogP contribution < -0.4 is 10.6 Å². The van der Waals surface area contributed by atoms with Gasteiger partial charge in [-0.3, -0.25) is 10.1 Å². The van der Waals surface area contributed by atoms with E-state index in [-0.39, 0.29) is 11.4 Å². The van der Waals surface area contributed by atoms with Crippen molar-refractivity contribution in [1.29, 1.82) is 0 Å². The Morgan fingerprint density at radius 3 is 2.11 bits per heavy atom. The fraction of sp³-hybridized carbons (Fsp3) is 0.917. The number of nitrogens with one attached hydrogen (secondary N) is 2. The third kappa shape index (κ3) is 9.26. The molecule has 0 saturated carbocycles. The minimum Gasteiger partial charge on any atom is -0.337 e. The van der Waals surface area contributed by atoms with E-state index in [9.17, 15) is 4.79 Å². The normalized spacial score (nSPS) is 14.4. The highest BCUT2D eigenvalue weighted by molar-refractivity contribution is 6.68. The van der Waals surface area contributed by atoms with Gasteiger partial charge in [-0.15, -0.1) is 0 Å². The molecule has 0 aliphatic carbocycles. The number of halogens is 3. The molecule has 0 aliphatic heterocycles. The van der Waals surface area contributed by atoms with Crippen LogP contribution >= 0.6 is 34.8 Å². The molecule has 0 heterocycles. The van der Waals surface area contributed by atoms with Crippen molar-refractivity contribution in [3.8, 4) is 0 Å². The van der Waals surface area contributed by atoms with Crippen LogP contribution in [0.5, 0.6) is 0 Å². The predicted octanol–water partition coefficient (Wildman–Crippen LogP) is 3.77. The summed E-state index contributed by atoms with van der Waals surface area (Å²) in [5.41, 5.74) is -0.259. The molecule has 0 saturated heterocycles. The largest absolute Gasteiger partial charge is 0.337 e. The van der Waals surface area contributed by atoms with E-state index in [0.717, 1.165) is 19.3 Å². The van der Waals surface area contributed by atoms with Crippen molar-refractivity contribution in [2.75, 3.05) is 0 Å². The van der Waals surface area contributed by atoms with Crippen molar-refractivity contribution >= 4 is 40.7 Å². The average molecular weight is 318 g/mol. The molecular formula is C12H23Cl3N2O. The second-order valence-electron chi connectivity index (χ2n) is 5.39. The maximum absolute atomic E-state index is 11.7. The number of unbranched alkanes of at least 4 members (excludes halogenated alkanes) is 2. The summed E-state index contributed by atoms with van der Waals surface area (Å²) in [7, 11) is 0. The van der Waals surface area contributed by atoms with Crippen molar-refractivity contribution in [1.82, 2.24) is 10.6 Å². The zero-order valence-corrected chi connectivity index (χ0v) is 13.7. The van der Waals surface area contributed by atoms with Gasteiger partial charge in [-0.25, -0.2) is 0 Å². The lowest BCUT2D eigenvalue weighted by molar-refractivity contribution is -0.122. The van der Waals surface area contributed by atoms with Gasteiger partial charge in [0, 0.05) is 12.0 Å². The van der Waals surface area contributed by atoms with Crippen LogP contribution in [0.3, 0.4) is 0 Å². The Kier molecular flexibility index (Phi) is 7.91. The van der Waals surface area contributed by atoms with Gasteiger partial charge >= 0.3 is 0 Å². The van der Waals surface area contributed by atoms with Crippen LogP contribution in [-0.2, 0) is 4.79 Å². The Morgan fingerprint density at radius 2 is 1.72 bits per heavy atom. The van der Waals surface area contributed by atoms with Crippen molar-refractivity contribution in [3.05, 3.63) is 0 Å². The summed E-state index contributed by atoms with van der Waals surface area (Å²) in [4.78, 5) is 11.7. The lowest BCUT2D eigenvalue weighted by atomic mass is 10.1. The molecule has 1 amide bonds. The zero-order chi connectivity index (χ0) is 14.4. The highest BCUT2D eigenvalue weighted by Crippen LogP contribution is 2.30. The maximum atomic E-state index is 11.7. The Bertz CT molecular complexity index is 259. The number of alkyl halides is 3. The van der Waals surface area contributed by atoms with E-state index in [2.05, 4.69) is 17.6 Å². The van der Waals surface area contributed by atoms with E-state index in [1.54, 1.807) is 0 Å². The quantitative estimate of drug-likeness (QED) is 0.445. The van der Waals surface area contributed by atoms with Crippen molar-refractivity contribution in [3.63, 3.8) is 0 Å². The average Bonchev–Trinajstić information content (AvgIpc) is 2.13. The first-order chi connectivity index (χ1) is 8.06. The summed E-state index contributed by atoms with van der Waals surface area (Å²) < 4.78 is -1.58. The lowest BCUT2D eigenvalue weighted by Crippen LogP contribution is -2.58. The van der Waals surface area contributed by atoms with E-state index in [1.807, 2.05) is 20.8 Å². The first-order valence-corrected chi connectivity index (χ1v) is 7.33. The third-order valence-corrected chi connectivity index (χ3v) is 2.87. The molecule has 6 heteroatoms. The summed E-state index contributed by atoms with van der Waals surface area (Å²) in [6.45, 7) is 7.92. The molecule has 1 atom stereocenters. The fourth-order valence-electron chi connectivity index (χ4n) is 1.40. The van der Waals surface area contributed by atoms with Crippen molar-refractivity contribution in [2.45, 2.75) is 68.9 Å². The van der Waals surface area contributed by atoms with E-state index in [1.165, 1.54) is 0 Å². The van der Waals surface area contributed by atoms with Crippen LogP contribution in [0.4, 0.5) is 0 Å². The van der Waals surface area contributed by atoms with E-state index in [4.69, 9.17) is 34.8 Å². The van der Waals surface area contributed by atoms with Crippen LogP contribution in [0, 0.1) is 0 Å². The second-order valence-corrected chi connectivity index (χ2v) is 7.76. The number of amides is 1. The van der Waals surface area contributed by atoms with Crippen molar-refractivity contribution < 1.29 is 4.79 Å². The van der Waals surface area contributed by atoms with Gasteiger partial charge in [0.2, 0.25) is 9.70 Å². The van der Waals surface area contributed by atoms with Gasteiger partial charge in [0.15, 0.2) is 0 Å². The number of hydrogen-bond donors (Lipinski definition) is 2. The van der Waals surface area contributed by atoms with Crippen LogP contribution in [0.1, 0.15) is 53.4 Å². The molecule has 108 valence electrons. The maximum Gasteiger partial charge on any atom is 0.223 e. The van der Waals surface area contributed by atoms with Gasteiger partial charge < -0.3 is 5.32 Å². The summed E-state index contributed by atoms with van der Waals surface area (Å²) >= 11 is 17.6.